The lowest BCUT2D eigenvalue weighted by molar-refractivity contribution is 0.789. The largest absolute Gasteiger partial charge is 0.347 e. The second kappa shape index (κ2) is 7.61. The number of allylic oxidation sites excluding steroid dienone is 3. The Hall–Kier alpha value is -2.47. The molecule has 0 amide bonds. The first-order valence-electron chi connectivity index (χ1n) is 8.28. The summed E-state index contributed by atoms with van der Waals surface area (Å²) in [5.74, 6) is 0.490. The number of aromatic amines is 1. The molecule has 130 valence electrons. The van der Waals surface area contributed by atoms with Gasteiger partial charge in [-0.15, -0.1) is 11.8 Å². The summed E-state index contributed by atoms with van der Waals surface area (Å²) in [5, 5.41) is 11.5. The molecule has 3 aromatic rings. The van der Waals surface area contributed by atoms with E-state index in [4.69, 9.17) is 0 Å². The Kier molecular flexibility index (Phi) is 5.28. The first-order chi connectivity index (χ1) is 12.1. The van der Waals surface area contributed by atoms with Crippen LogP contribution in [0.4, 0.5) is 5.69 Å². The Bertz CT molecular complexity index is 903. The van der Waals surface area contributed by atoms with E-state index in [1.165, 1.54) is 5.57 Å². The summed E-state index contributed by atoms with van der Waals surface area (Å²) in [6.07, 6.45) is 14.0. The van der Waals surface area contributed by atoms with Crippen molar-refractivity contribution >= 4 is 23.1 Å². The number of hydrogen-bond acceptors (Lipinski definition) is 4. The van der Waals surface area contributed by atoms with Crippen LogP contribution in [0.3, 0.4) is 0 Å². The quantitative estimate of drug-likeness (QED) is 0.616. The number of rotatable bonds is 6. The van der Waals surface area contributed by atoms with Gasteiger partial charge < -0.3 is 5.32 Å². The number of H-pyrrole nitrogens is 1. The molecule has 3 aromatic heterocycles. The van der Waals surface area contributed by atoms with Crippen LogP contribution in [-0.4, -0.2) is 25.8 Å². The average Bonchev–Trinajstić information content (AvgIpc) is 3.27. The van der Waals surface area contributed by atoms with Crippen molar-refractivity contribution in [2.75, 3.05) is 11.6 Å². The molecule has 0 spiro atoms. The molecule has 6 heteroatoms. The molecule has 0 aliphatic carbocycles. The van der Waals surface area contributed by atoms with E-state index < -0.39 is 0 Å². The molecule has 0 saturated heterocycles. The minimum atomic E-state index is 0.490. The van der Waals surface area contributed by atoms with Gasteiger partial charge in [-0.25, -0.2) is 4.98 Å². The van der Waals surface area contributed by atoms with E-state index in [1.807, 2.05) is 24.7 Å². The van der Waals surface area contributed by atoms with Gasteiger partial charge in [0, 0.05) is 18.0 Å². The monoisotopic (exact) mass is 353 g/mol. The zero-order chi connectivity index (χ0) is 17.8. The van der Waals surface area contributed by atoms with E-state index in [1.54, 1.807) is 18.0 Å². The molecule has 0 bridgehead atoms. The second-order valence-electron chi connectivity index (χ2n) is 6.03. The van der Waals surface area contributed by atoms with Crippen molar-refractivity contribution in [2.45, 2.75) is 20.8 Å². The molecule has 25 heavy (non-hydrogen) atoms. The number of imidazole rings is 1. The summed E-state index contributed by atoms with van der Waals surface area (Å²) in [6.45, 7) is 6.49. The first kappa shape index (κ1) is 17.4. The van der Waals surface area contributed by atoms with E-state index in [0.29, 0.717) is 5.92 Å². The molecule has 0 aliphatic rings. The molecule has 2 N–H and O–H groups in total. The molecule has 3 heterocycles. The van der Waals surface area contributed by atoms with Crippen LogP contribution in [0.1, 0.15) is 20.8 Å². The fraction of sp³-hybridized carbons (Fsp3) is 0.263. The predicted molar refractivity (Wildman–Crippen MR) is 107 cm³/mol. The van der Waals surface area contributed by atoms with E-state index >= 15 is 0 Å². The zero-order valence-electron chi connectivity index (χ0n) is 14.9. The smallest absolute Gasteiger partial charge is 0.161 e. The fourth-order valence-corrected chi connectivity index (χ4v) is 3.19. The fourth-order valence-electron chi connectivity index (χ4n) is 2.73. The molecule has 0 unspecified atom stereocenters. The lowest BCUT2D eigenvalue weighted by Crippen LogP contribution is -2.01. The summed E-state index contributed by atoms with van der Waals surface area (Å²) in [7, 11) is 0. The van der Waals surface area contributed by atoms with E-state index in [0.717, 1.165) is 27.6 Å². The lowest BCUT2D eigenvalue weighted by atomic mass is 10.0. The highest BCUT2D eigenvalue weighted by Gasteiger charge is 2.11. The summed E-state index contributed by atoms with van der Waals surface area (Å²) in [5.41, 5.74) is 5.22. The number of hydrogen-bond donors (Lipinski definition) is 2. The van der Waals surface area contributed by atoms with Crippen LogP contribution in [-0.2, 0) is 0 Å². The SMILES string of the molecule is CC=C(/C=C(/Nc1cccn2c(-c3cn[nH]c3)cnc12)SC)C(C)C. The molecule has 3 rings (SSSR count). The third-order valence-corrected chi connectivity index (χ3v) is 4.77. The molecule has 0 aliphatic heterocycles. The standard InChI is InChI=1S/C19H23N5S/c1-5-14(13(2)3)9-18(25-4)23-16-7-6-8-24-17(12-20-19(16)24)15-10-21-22-11-15/h5-13,23H,1-4H3,(H,21,22)/b14-5?,18-9-. The Morgan fingerprint density at radius 2 is 2.20 bits per heavy atom. The number of nitrogens with one attached hydrogen (secondary N) is 2. The van der Waals surface area contributed by atoms with Crippen LogP contribution >= 0.6 is 11.8 Å². The van der Waals surface area contributed by atoms with Gasteiger partial charge in [-0.1, -0.05) is 19.9 Å². The van der Waals surface area contributed by atoms with Gasteiger partial charge in [-0.05, 0) is 42.9 Å². The Labute approximate surface area is 152 Å². The van der Waals surface area contributed by atoms with Crippen LogP contribution in [0, 0.1) is 5.92 Å². The van der Waals surface area contributed by atoms with Crippen LogP contribution in [0.15, 0.2) is 59.7 Å². The van der Waals surface area contributed by atoms with E-state index in [2.05, 4.69) is 70.1 Å². The summed E-state index contributed by atoms with van der Waals surface area (Å²) in [4.78, 5) is 4.60. The zero-order valence-corrected chi connectivity index (χ0v) is 15.8. The van der Waals surface area contributed by atoms with Crippen molar-refractivity contribution in [3.05, 3.63) is 59.7 Å². The van der Waals surface area contributed by atoms with Crippen molar-refractivity contribution in [1.29, 1.82) is 0 Å². The molecule has 0 atom stereocenters. The number of anilines is 1. The molecule has 0 radical (unpaired) electrons. The number of pyridine rings is 1. The van der Waals surface area contributed by atoms with Crippen LogP contribution < -0.4 is 5.32 Å². The molecular formula is C19H23N5S. The number of thioether (sulfide) groups is 1. The Morgan fingerprint density at radius 1 is 1.36 bits per heavy atom. The van der Waals surface area contributed by atoms with Gasteiger partial charge in [0.1, 0.15) is 0 Å². The normalized spacial score (nSPS) is 13.0. The average molecular weight is 353 g/mol. The van der Waals surface area contributed by atoms with Crippen molar-refractivity contribution in [2.24, 2.45) is 5.92 Å². The molecular weight excluding hydrogens is 330 g/mol. The van der Waals surface area contributed by atoms with Crippen LogP contribution in [0.25, 0.3) is 16.9 Å². The van der Waals surface area contributed by atoms with Gasteiger partial charge in [0.25, 0.3) is 0 Å². The topological polar surface area (TPSA) is 58.0 Å². The highest BCUT2D eigenvalue weighted by molar-refractivity contribution is 8.02. The summed E-state index contributed by atoms with van der Waals surface area (Å²) < 4.78 is 2.07. The third kappa shape index (κ3) is 3.64. The van der Waals surface area contributed by atoms with Gasteiger partial charge in [0.2, 0.25) is 0 Å². The van der Waals surface area contributed by atoms with E-state index in [-0.39, 0.29) is 0 Å². The minimum absolute atomic E-state index is 0.490. The third-order valence-electron chi connectivity index (χ3n) is 4.11. The Morgan fingerprint density at radius 3 is 2.84 bits per heavy atom. The number of fused-ring (bicyclic) bond motifs is 1. The summed E-state index contributed by atoms with van der Waals surface area (Å²) >= 11 is 1.70. The Balaban J connectivity index is 1.98. The molecule has 0 aromatic carbocycles. The molecule has 0 saturated carbocycles. The predicted octanol–water partition coefficient (Wildman–Crippen LogP) is 4.94. The molecule has 5 nitrogen and oxygen atoms in total. The maximum Gasteiger partial charge on any atom is 0.161 e. The lowest BCUT2D eigenvalue weighted by Gasteiger charge is -2.13. The number of nitrogens with zero attached hydrogens (tertiary/aromatic N) is 3. The van der Waals surface area contributed by atoms with Gasteiger partial charge in [-0.2, -0.15) is 5.10 Å². The van der Waals surface area contributed by atoms with Crippen LogP contribution in [0.5, 0.6) is 0 Å². The van der Waals surface area contributed by atoms with Crippen molar-refractivity contribution < 1.29 is 0 Å². The highest BCUT2D eigenvalue weighted by Crippen LogP contribution is 2.27. The van der Waals surface area contributed by atoms with Gasteiger partial charge in [0.05, 0.1) is 28.8 Å². The highest BCUT2D eigenvalue weighted by atomic mass is 32.2. The van der Waals surface area contributed by atoms with Gasteiger partial charge >= 0.3 is 0 Å². The van der Waals surface area contributed by atoms with Gasteiger partial charge in [-0.3, -0.25) is 9.50 Å². The maximum absolute atomic E-state index is 4.60. The second-order valence-corrected chi connectivity index (χ2v) is 6.88. The first-order valence-corrected chi connectivity index (χ1v) is 9.50. The van der Waals surface area contributed by atoms with Crippen molar-refractivity contribution in [3.8, 4) is 11.3 Å². The van der Waals surface area contributed by atoms with Crippen molar-refractivity contribution in [3.63, 3.8) is 0 Å². The minimum Gasteiger partial charge on any atom is -0.347 e. The molecule has 0 fully saturated rings. The number of aromatic nitrogens is 4. The van der Waals surface area contributed by atoms with Crippen molar-refractivity contribution in [1.82, 2.24) is 19.6 Å². The summed E-state index contributed by atoms with van der Waals surface area (Å²) in [6, 6.07) is 4.08. The maximum atomic E-state index is 4.60. The van der Waals surface area contributed by atoms with E-state index in [9.17, 15) is 0 Å². The van der Waals surface area contributed by atoms with Gasteiger partial charge in [0.15, 0.2) is 5.65 Å². The van der Waals surface area contributed by atoms with Crippen LogP contribution in [0.2, 0.25) is 0 Å².